The zero-order valence-electron chi connectivity index (χ0n) is 14.7. The van der Waals surface area contributed by atoms with Crippen LogP contribution in [-0.4, -0.2) is 25.1 Å². The van der Waals surface area contributed by atoms with E-state index in [4.69, 9.17) is 13.9 Å². The Kier molecular flexibility index (Phi) is 5.53. The summed E-state index contributed by atoms with van der Waals surface area (Å²) >= 11 is 0. The van der Waals surface area contributed by atoms with Crippen molar-refractivity contribution in [3.8, 4) is 22.8 Å². The minimum absolute atomic E-state index is 0.156. The molecule has 6 nitrogen and oxygen atoms in total. The van der Waals surface area contributed by atoms with Crippen LogP contribution in [0.5, 0.6) is 11.5 Å². The van der Waals surface area contributed by atoms with E-state index in [-0.39, 0.29) is 12.3 Å². The lowest BCUT2D eigenvalue weighted by Gasteiger charge is -2.11. The van der Waals surface area contributed by atoms with Gasteiger partial charge in [-0.05, 0) is 12.1 Å². The lowest BCUT2D eigenvalue weighted by molar-refractivity contribution is -0.116. The fraction of sp³-hybridized carbons (Fsp3) is 0.200. The van der Waals surface area contributed by atoms with Gasteiger partial charge in [-0.2, -0.15) is 0 Å². The van der Waals surface area contributed by atoms with Crippen molar-refractivity contribution in [2.45, 2.75) is 12.8 Å². The number of benzene rings is 2. The highest BCUT2D eigenvalue weighted by atomic mass is 16.5. The first-order valence-electron chi connectivity index (χ1n) is 8.21. The standard InChI is InChI=1S/C20H20N2O4/c1-24-15-8-9-17(25-2)16(12-15)22-19(23)10-11-20-21-13-18(26-20)14-6-4-3-5-7-14/h3-9,12-13H,10-11H2,1-2H3,(H,22,23). The van der Waals surface area contributed by atoms with Crippen molar-refractivity contribution in [1.29, 1.82) is 0 Å². The molecule has 0 radical (unpaired) electrons. The second-order valence-corrected chi connectivity index (χ2v) is 5.60. The third-order valence-corrected chi connectivity index (χ3v) is 3.86. The first-order chi connectivity index (χ1) is 12.7. The van der Waals surface area contributed by atoms with Crippen LogP contribution in [0.1, 0.15) is 12.3 Å². The Labute approximate surface area is 151 Å². The minimum Gasteiger partial charge on any atom is -0.497 e. The molecule has 0 atom stereocenters. The summed E-state index contributed by atoms with van der Waals surface area (Å²) in [5.41, 5.74) is 1.52. The summed E-state index contributed by atoms with van der Waals surface area (Å²) in [5.74, 6) is 2.27. The number of ether oxygens (including phenoxy) is 2. The second-order valence-electron chi connectivity index (χ2n) is 5.60. The van der Waals surface area contributed by atoms with Crippen molar-refractivity contribution in [3.63, 3.8) is 0 Å². The van der Waals surface area contributed by atoms with Crippen LogP contribution in [0, 0.1) is 0 Å². The van der Waals surface area contributed by atoms with Crippen LogP contribution in [0.2, 0.25) is 0 Å². The Bertz CT molecular complexity index is 875. The number of carbonyl (C=O) groups is 1. The van der Waals surface area contributed by atoms with Crippen LogP contribution in [-0.2, 0) is 11.2 Å². The molecule has 0 spiro atoms. The van der Waals surface area contributed by atoms with Gasteiger partial charge in [0.25, 0.3) is 0 Å². The van der Waals surface area contributed by atoms with Crippen LogP contribution in [0.4, 0.5) is 5.69 Å². The molecule has 1 heterocycles. The number of nitrogens with one attached hydrogen (secondary N) is 1. The molecule has 0 aliphatic heterocycles. The molecule has 6 heteroatoms. The Morgan fingerprint density at radius 2 is 1.92 bits per heavy atom. The van der Waals surface area contributed by atoms with Gasteiger partial charge < -0.3 is 19.2 Å². The number of aryl methyl sites for hydroxylation is 1. The number of amides is 1. The predicted octanol–water partition coefficient (Wildman–Crippen LogP) is 3.93. The molecule has 1 amide bonds. The van der Waals surface area contributed by atoms with Gasteiger partial charge in [-0.3, -0.25) is 4.79 Å². The van der Waals surface area contributed by atoms with Gasteiger partial charge in [-0.1, -0.05) is 30.3 Å². The van der Waals surface area contributed by atoms with E-state index >= 15 is 0 Å². The molecule has 1 aromatic heterocycles. The number of anilines is 1. The molecule has 26 heavy (non-hydrogen) atoms. The summed E-state index contributed by atoms with van der Waals surface area (Å²) in [4.78, 5) is 16.5. The number of carbonyl (C=O) groups excluding carboxylic acids is 1. The van der Waals surface area contributed by atoms with Crippen LogP contribution >= 0.6 is 0 Å². The van der Waals surface area contributed by atoms with E-state index in [9.17, 15) is 4.79 Å². The largest absolute Gasteiger partial charge is 0.497 e. The molecule has 0 bridgehead atoms. The summed E-state index contributed by atoms with van der Waals surface area (Å²) in [6, 6.07) is 14.9. The molecule has 3 aromatic rings. The van der Waals surface area contributed by atoms with Gasteiger partial charge in [-0.25, -0.2) is 4.98 Å². The Morgan fingerprint density at radius 3 is 2.65 bits per heavy atom. The first-order valence-corrected chi connectivity index (χ1v) is 8.21. The molecular weight excluding hydrogens is 332 g/mol. The zero-order chi connectivity index (χ0) is 18.4. The molecule has 0 saturated heterocycles. The maximum absolute atomic E-state index is 12.3. The van der Waals surface area contributed by atoms with Crippen molar-refractivity contribution in [2.75, 3.05) is 19.5 Å². The average molecular weight is 352 g/mol. The quantitative estimate of drug-likeness (QED) is 0.697. The van der Waals surface area contributed by atoms with Gasteiger partial charge in [0.2, 0.25) is 5.91 Å². The van der Waals surface area contributed by atoms with Crippen molar-refractivity contribution in [1.82, 2.24) is 4.98 Å². The number of aromatic nitrogens is 1. The van der Waals surface area contributed by atoms with Crippen molar-refractivity contribution in [2.24, 2.45) is 0 Å². The van der Waals surface area contributed by atoms with Crippen LogP contribution in [0.3, 0.4) is 0 Å². The predicted molar refractivity (Wildman–Crippen MR) is 98.4 cm³/mol. The van der Waals surface area contributed by atoms with Gasteiger partial charge in [0.15, 0.2) is 11.7 Å². The number of hydrogen-bond donors (Lipinski definition) is 1. The minimum atomic E-state index is -0.156. The average Bonchev–Trinajstić information content (AvgIpc) is 3.16. The Balaban J connectivity index is 1.61. The SMILES string of the molecule is COc1ccc(OC)c(NC(=O)CCc2ncc(-c3ccccc3)o2)c1. The van der Waals surface area contributed by atoms with E-state index in [1.165, 1.54) is 0 Å². The molecular formula is C20H20N2O4. The summed E-state index contributed by atoms with van der Waals surface area (Å²) in [7, 11) is 3.12. The fourth-order valence-corrected chi connectivity index (χ4v) is 2.51. The molecule has 0 unspecified atom stereocenters. The molecule has 0 saturated carbocycles. The van der Waals surface area contributed by atoms with Crippen molar-refractivity contribution < 1.29 is 18.7 Å². The maximum atomic E-state index is 12.3. The van der Waals surface area contributed by atoms with Gasteiger partial charge >= 0.3 is 0 Å². The third kappa shape index (κ3) is 4.22. The molecule has 2 aromatic carbocycles. The highest BCUT2D eigenvalue weighted by Crippen LogP contribution is 2.29. The van der Waals surface area contributed by atoms with Gasteiger partial charge in [0.1, 0.15) is 11.5 Å². The van der Waals surface area contributed by atoms with E-state index < -0.39 is 0 Å². The Hall–Kier alpha value is -3.28. The maximum Gasteiger partial charge on any atom is 0.224 e. The van der Waals surface area contributed by atoms with E-state index in [0.29, 0.717) is 35.3 Å². The van der Waals surface area contributed by atoms with Crippen LogP contribution < -0.4 is 14.8 Å². The first kappa shape index (κ1) is 17.5. The number of rotatable bonds is 7. The number of nitrogens with zero attached hydrogens (tertiary/aromatic N) is 1. The highest BCUT2D eigenvalue weighted by Gasteiger charge is 2.12. The van der Waals surface area contributed by atoms with E-state index in [0.717, 1.165) is 5.56 Å². The molecule has 0 aliphatic carbocycles. The number of oxazole rings is 1. The fourth-order valence-electron chi connectivity index (χ4n) is 2.51. The molecule has 134 valence electrons. The molecule has 1 N–H and O–H groups in total. The monoisotopic (exact) mass is 352 g/mol. The van der Waals surface area contributed by atoms with Gasteiger partial charge in [-0.15, -0.1) is 0 Å². The number of methoxy groups -OCH3 is 2. The van der Waals surface area contributed by atoms with Gasteiger partial charge in [0, 0.05) is 24.5 Å². The summed E-state index contributed by atoms with van der Waals surface area (Å²) in [6.07, 6.45) is 2.33. The van der Waals surface area contributed by atoms with E-state index in [1.54, 1.807) is 38.6 Å². The van der Waals surface area contributed by atoms with Crippen LogP contribution in [0.15, 0.2) is 59.1 Å². The van der Waals surface area contributed by atoms with Crippen LogP contribution in [0.25, 0.3) is 11.3 Å². The van der Waals surface area contributed by atoms with E-state index in [2.05, 4.69) is 10.3 Å². The topological polar surface area (TPSA) is 73.6 Å². The van der Waals surface area contributed by atoms with Crippen molar-refractivity contribution >= 4 is 11.6 Å². The third-order valence-electron chi connectivity index (χ3n) is 3.86. The molecule has 3 rings (SSSR count). The molecule has 0 aliphatic rings. The highest BCUT2D eigenvalue weighted by molar-refractivity contribution is 5.92. The number of hydrogen-bond acceptors (Lipinski definition) is 5. The van der Waals surface area contributed by atoms with E-state index in [1.807, 2.05) is 30.3 Å². The summed E-state index contributed by atoms with van der Waals surface area (Å²) < 4.78 is 16.2. The lowest BCUT2D eigenvalue weighted by atomic mass is 10.2. The lowest BCUT2D eigenvalue weighted by Crippen LogP contribution is -2.13. The smallest absolute Gasteiger partial charge is 0.224 e. The van der Waals surface area contributed by atoms with Gasteiger partial charge in [0.05, 0.1) is 26.1 Å². The zero-order valence-corrected chi connectivity index (χ0v) is 14.7. The van der Waals surface area contributed by atoms with Crippen molar-refractivity contribution in [3.05, 3.63) is 60.6 Å². The summed E-state index contributed by atoms with van der Waals surface area (Å²) in [5, 5.41) is 2.83. The second kappa shape index (κ2) is 8.20. The normalized spacial score (nSPS) is 10.4. The molecule has 0 fully saturated rings. The Morgan fingerprint density at radius 1 is 1.12 bits per heavy atom. The summed E-state index contributed by atoms with van der Waals surface area (Å²) in [6.45, 7) is 0.